The molecule has 0 amide bonds. The first kappa shape index (κ1) is 15.5. The summed E-state index contributed by atoms with van der Waals surface area (Å²) in [4.78, 5) is 27.8. The Labute approximate surface area is 123 Å². The molecule has 1 aromatic carbocycles. The number of nitro groups is 3. The van der Waals surface area contributed by atoms with Gasteiger partial charge in [0.2, 0.25) is 0 Å². The Morgan fingerprint density at radius 1 is 0.882 bits per heavy atom. The minimum atomic E-state index is -1.21. The van der Waals surface area contributed by atoms with Crippen molar-refractivity contribution in [3.8, 4) is 5.75 Å². The van der Waals surface area contributed by atoms with Crippen molar-refractivity contribution in [2.45, 2.75) is 0 Å². The number of phenolic OH excluding ortho intramolecular Hbond substituents is 1. The maximum absolute atomic E-state index is 10.4. The molecule has 0 unspecified atom stereocenters. The van der Waals surface area contributed by atoms with Crippen LogP contribution in [0, 0.1) is 68.5 Å². The Morgan fingerprint density at radius 3 is 1.47 bits per heavy atom. The van der Waals surface area contributed by atoms with Gasteiger partial charge >= 0.3 is 11.4 Å². The van der Waals surface area contributed by atoms with E-state index >= 15 is 0 Å². The molecular formula is C6H3DyN3O7. The van der Waals surface area contributed by atoms with Crippen LogP contribution in [0.25, 0.3) is 0 Å². The van der Waals surface area contributed by atoms with Gasteiger partial charge in [-0.15, -0.1) is 0 Å². The second kappa shape index (κ2) is 5.71. The van der Waals surface area contributed by atoms with E-state index in [2.05, 4.69) is 0 Å². The van der Waals surface area contributed by atoms with E-state index < -0.39 is 37.6 Å². The zero-order chi connectivity index (χ0) is 12.5. The van der Waals surface area contributed by atoms with E-state index in [4.69, 9.17) is 5.11 Å². The summed E-state index contributed by atoms with van der Waals surface area (Å²) < 4.78 is 0. The van der Waals surface area contributed by atoms with Gasteiger partial charge in [-0.25, -0.2) is 0 Å². The maximum Gasteiger partial charge on any atom is 0.324 e. The summed E-state index contributed by atoms with van der Waals surface area (Å²) in [7, 11) is 0. The van der Waals surface area contributed by atoms with E-state index in [9.17, 15) is 30.3 Å². The molecule has 1 rings (SSSR count). The average molecular weight is 392 g/mol. The second-order valence-corrected chi connectivity index (χ2v) is 2.60. The number of hydrogen-bond donors (Lipinski definition) is 1. The number of phenols is 1. The molecule has 0 saturated carbocycles. The smallest absolute Gasteiger partial charge is 0.324 e. The van der Waals surface area contributed by atoms with Gasteiger partial charge in [0.25, 0.3) is 11.4 Å². The van der Waals surface area contributed by atoms with Crippen LogP contribution in [0.3, 0.4) is 0 Å². The molecule has 0 aromatic heterocycles. The Morgan fingerprint density at radius 2 is 1.24 bits per heavy atom. The summed E-state index contributed by atoms with van der Waals surface area (Å²) in [5.41, 5.74) is -3.00. The minimum Gasteiger partial charge on any atom is -0.497 e. The van der Waals surface area contributed by atoms with Gasteiger partial charge in [-0.05, 0) is 0 Å². The molecule has 1 N–H and O–H groups in total. The van der Waals surface area contributed by atoms with E-state index in [-0.39, 0.29) is 38.2 Å². The van der Waals surface area contributed by atoms with Crippen LogP contribution in [0.4, 0.5) is 17.1 Å². The summed E-state index contributed by atoms with van der Waals surface area (Å²) in [5, 5.41) is 40.2. The van der Waals surface area contributed by atoms with Crippen molar-refractivity contribution in [2.24, 2.45) is 0 Å². The fraction of sp³-hybridized carbons (Fsp3) is 0. The summed E-state index contributed by atoms with van der Waals surface area (Å²) in [6.07, 6.45) is 0. The minimum absolute atomic E-state index is 0. The van der Waals surface area contributed by atoms with Crippen LogP contribution in [0.2, 0.25) is 0 Å². The first-order chi connectivity index (χ1) is 7.34. The molecule has 94 valence electrons. The van der Waals surface area contributed by atoms with Crippen LogP contribution >= 0.6 is 0 Å². The molecule has 10 nitrogen and oxygen atoms in total. The molecule has 0 aliphatic heterocycles. The molecule has 1 aromatic rings. The van der Waals surface area contributed by atoms with Crippen molar-refractivity contribution in [2.75, 3.05) is 0 Å². The van der Waals surface area contributed by atoms with Gasteiger partial charge in [-0.3, -0.25) is 30.3 Å². The van der Waals surface area contributed by atoms with Crippen LogP contribution in [-0.2, 0) is 0 Å². The van der Waals surface area contributed by atoms with Crippen molar-refractivity contribution in [3.05, 3.63) is 42.5 Å². The summed E-state index contributed by atoms with van der Waals surface area (Å²) >= 11 is 0. The number of nitro benzene ring substituents is 3. The van der Waals surface area contributed by atoms with Gasteiger partial charge in [-0.2, -0.15) is 0 Å². The number of hydrogen-bond acceptors (Lipinski definition) is 7. The summed E-state index contributed by atoms with van der Waals surface area (Å²) in [6.45, 7) is 0. The number of non-ortho nitro benzene ring substituents is 1. The van der Waals surface area contributed by atoms with E-state index in [1.165, 1.54) is 0 Å². The number of benzene rings is 1. The number of rotatable bonds is 3. The molecule has 0 radical (unpaired) electrons. The Hall–Kier alpha value is -1.51. The molecule has 0 spiro atoms. The van der Waals surface area contributed by atoms with E-state index in [1.54, 1.807) is 0 Å². The largest absolute Gasteiger partial charge is 0.497 e. The summed E-state index contributed by atoms with van der Waals surface area (Å²) in [5.74, 6) is -1.21. The van der Waals surface area contributed by atoms with Crippen LogP contribution in [0.15, 0.2) is 12.1 Å². The zero-order valence-electron chi connectivity index (χ0n) is 7.71. The first-order valence-corrected chi connectivity index (χ1v) is 3.64. The van der Waals surface area contributed by atoms with Gasteiger partial charge < -0.3 is 5.11 Å². The van der Waals surface area contributed by atoms with Crippen LogP contribution in [0.1, 0.15) is 0 Å². The monoisotopic (exact) mass is 393 g/mol. The van der Waals surface area contributed by atoms with Crippen molar-refractivity contribution in [3.63, 3.8) is 0 Å². The van der Waals surface area contributed by atoms with Crippen molar-refractivity contribution in [1.29, 1.82) is 0 Å². The third kappa shape index (κ3) is 3.22. The van der Waals surface area contributed by atoms with Crippen LogP contribution < -0.4 is 0 Å². The molecule has 11 heteroatoms. The third-order valence-electron chi connectivity index (χ3n) is 1.66. The van der Waals surface area contributed by atoms with Crippen molar-refractivity contribution in [1.82, 2.24) is 0 Å². The second-order valence-electron chi connectivity index (χ2n) is 2.60. The van der Waals surface area contributed by atoms with Crippen molar-refractivity contribution < 1.29 is 58.1 Å². The molecule has 0 saturated heterocycles. The topological polar surface area (TPSA) is 150 Å². The Balaban J connectivity index is 0.00000256. The quantitative estimate of drug-likeness (QED) is 0.599. The fourth-order valence-corrected chi connectivity index (χ4v) is 0.974. The Bertz CT molecular complexity index is 467. The first-order valence-electron chi connectivity index (χ1n) is 3.64. The maximum atomic E-state index is 10.4. The van der Waals surface area contributed by atoms with Gasteiger partial charge in [0.15, 0.2) is 0 Å². The van der Waals surface area contributed by atoms with Crippen LogP contribution in [0.5, 0.6) is 5.75 Å². The van der Waals surface area contributed by atoms with Gasteiger partial charge in [0, 0.05) is 38.2 Å². The van der Waals surface area contributed by atoms with E-state index in [0.717, 1.165) is 0 Å². The van der Waals surface area contributed by atoms with E-state index in [0.29, 0.717) is 12.1 Å². The molecule has 0 aliphatic rings. The third-order valence-corrected chi connectivity index (χ3v) is 1.66. The fourth-order valence-electron chi connectivity index (χ4n) is 0.974. The summed E-state index contributed by atoms with van der Waals surface area (Å²) in [6, 6.07) is 0.894. The average Bonchev–Trinajstić information content (AvgIpc) is 2.16. The molecule has 0 heterocycles. The standard InChI is InChI=1S/C6H3N3O7.Dy/c10-6-4(8(13)14)1-3(7(11)12)2-5(6)9(15)16;/h1-2,10H;. The normalized spacial score (nSPS) is 9.18. The zero-order valence-corrected chi connectivity index (χ0v) is 9.74. The number of nitrogens with zero attached hydrogens (tertiary/aromatic N) is 3. The SMILES string of the molecule is O=[N+]([O-])c1cc([N+](=O)[O-])c(O)c([N+](=O)[O-])c1.[Dy]. The van der Waals surface area contributed by atoms with Gasteiger partial charge in [0.05, 0.1) is 26.9 Å². The van der Waals surface area contributed by atoms with Crippen molar-refractivity contribution >= 4 is 17.1 Å². The predicted molar refractivity (Wildman–Crippen MR) is 48.1 cm³/mol. The molecule has 0 bridgehead atoms. The predicted octanol–water partition coefficient (Wildman–Crippen LogP) is 1.12. The van der Waals surface area contributed by atoms with Gasteiger partial charge in [0.1, 0.15) is 0 Å². The molecule has 0 aliphatic carbocycles. The molecule has 0 fully saturated rings. The van der Waals surface area contributed by atoms with E-state index in [1.807, 2.05) is 0 Å². The Kier molecular flexibility index (Phi) is 5.21. The molecular weight excluding hydrogens is 389 g/mol. The van der Waals surface area contributed by atoms with Gasteiger partial charge in [-0.1, -0.05) is 0 Å². The number of aromatic hydroxyl groups is 1. The van der Waals surface area contributed by atoms with Crippen LogP contribution in [-0.4, -0.2) is 19.9 Å². The molecule has 0 atom stereocenters. The molecule has 17 heavy (non-hydrogen) atoms.